The van der Waals surface area contributed by atoms with Crippen LogP contribution in [0, 0.1) is 5.92 Å². The van der Waals surface area contributed by atoms with Crippen LogP contribution in [0.2, 0.25) is 0 Å². The molecular weight excluding hydrogens is 174 g/mol. The lowest BCUT2D eigenvalue weighted by molar-refractivity contribution is -0.146. The molecule has 0 aliphatic rings. The molecule has 0 aromatic rings. The molecule has 72 valence electrons. The molecule has 0 saturated heterocycles. The second-order valence-electron chi connectivity index (χ2n) is 3.14. The van der Waals surface area contributed by atoms with Crippen molar-refractivity contribution in [2.24, 2.45) is 11.7 Å². The summed E-state index contributed by atoms with van der Waals surface area (Å²) >= 11 is 3.98. The standard InChI is InChI=1S/C8H17NO2S/c1-6(2)5-11-8(10)7(9)3-4-12/h6-7,12H,3-5,9H2,1-2H3/t7-/m0/s1. The van der Waals surface area contributed by atoms with Crippen molar-refractivity contribution in [1.29, 1.82) is 0 Å². The van der Waals surface area contributed by atoms with Gasteiger partial charge in [-0.25, -0.2) is 0 Å². The van der Waals surface area contributed by atoms with Crippen LogP contribution in [0.5, 0.6) is 0 Å². The Morgan fingerprint density at radius 2 is 2.17 bits per heavy atom. The normalized spacial score (nSPS) is 13.1. The predicted molar refractivity (Wildman–Crippen MR) is 52.2 cm³/mol. The second kappa shape index (κ2) is 6.31. The van der Waals surface area contributed by atoms with Gasteiger partial charge in [0.25, 0.3) is 0 Å². The van der Waals surface area contributed by atoms with Gasteiger partial charge in [0.1, 0.15) is 6.04 Å². The average molecular weight is 191 g/mol. The van der Waals surface area contributed by atoms with Crippen LogP contribution >= 0.6 is 12.6 Å². The zero-order chi connectivity index (χ0) is 9.56. The van der Waals surface area contributed by atoms with Crippen molar-refractivity contribution in [2.45, 2.75) is 26.3 Å². The Hall–Kier alpha value is -0.220. The minimum Gasteiger partial charge on any atom is -0.464 e. The number of hydrogen-bond donors (Lipinski definition) is 2. The summed E-state index contributed by atoms with van der Waals surface area (Å²) in [5.41, 5.74) is 5.49. The van der Waals surface area contributed by atoms with Gasteiger partial charge >= 0.3 is 5.97 Å². The van der Waals surface area contributed by atoms with Gasteiger partial charge in [0.2, 0.25) is 0 Å². The third-order valence-corrected chi connectivity index (χ3v) is 1.56. The lowest BCUT2D eigenvalue weighted by Gasteiger charge is -2.11. The fraction of sp³-hybridized carbons (Fsp3) is 0.875. The molecule has 0 saturated carbocycles. The van der Waals surface area contributed by atoms with Crippen LogP contribution in [-0.4, -0.2) is 24.4 Å². The minimum atomic E-state index is -0.513. The van der Waals surface area contributed by atoms with Crippen LogP contribution in [0.25, 0.3) is 0 Å². The molecule has 2 N–H and O–H groups in total. The average Bonchev–Trinajstić information content (AvgIpc) is 2.00. The molecule has 0 spiro atoms. The molecule has 0 fully saturated rings. The lowest BCUT2D eigenvalue weighted by Crippen LogP contribution is -2.33. The van der Waals surface area contributed by atoms with Crippen molar-refractivity contribution < 1.29 is 9.53 Å². The molecule has 0 rings (SSSR count). The summed E-state index contributed by atoms with van der Waals surface area (Å²) in [5.74, 6) is 0.646. The van der Waals surface area contributed by atoms with E-state index in [1.165, 1.54) is 0 Å². The maximum Gasteiger partial charge on any atom is 0.322 e. The van der Waals surface area contributed by atoms with Crippen LogP contribution in [-0.2, 0) is 9.53 Å². The largest absolute Gasteiger partial charge is 0.464 e. The number of hydrogen-bond acceptors (Lipinski definition) is 4. The highest BCUT2D eigenvalue weighted by Gasteiger charge is 2.13. The van der Waals surface area contributed by atoms with Gasteiger partial charge in [-0.15, -0.1) is 0 Å². The summed E-state index contributed by atoms with van der Waals surface area (Å²) in [7, 11) is 0. The topological polar surface area (TPSA) is 52.3 Å². The van der Waals surface area contributed by atoms with Crippen molar-refractivity contribution >= 4 is 18.6 Å². The van der Waals surface area contributed by atoms with Crippen molar-refractivity contribution in [3.63, 3.8) is 0 Å². The Morgan fingerprint density at radius 1 is 1.58 bits per heavy atom. The lowest BCUT2D eigenvalue weighted by atomic mass is 10.2. The zero-order valence-corrected chi connectivity index (χ0v) is 8.51. The molecule has 0 aliphatic heterocycles. The fourth-order valence-electron chi connectivity index (χ4n) is 0.613. The van der Waals surface area contributed by atoms with E-state index < -0.39 is 6.04 Å². The van der Waals surface area contributed by atoms with Gasteiger partial charge in [-0.2, -0.15) is 12.6 Å². The van der Waals surface area contributed by atoms with E-state index >= 15 is 0 Å². The van der Waals surface area contributed by atoms with E-state index in [1.807, 2.05) is 13.8 Å². The second-order valence-corrected chi connectivity index (χ2v) is 3.59. The highest BCUT2D eigenvalue weighted by Crippen LogP contribution is 1.97. The summed E-state index contributed by atoms with van der Waals surface area (Å²) in [4.78, 5) is 11.1. The predicted octanol–water partition coefficient (Wildman–Crippen LogP) is 0.833. The van der Waals surface area contributed by atoms with Gasteiger partial charge in [-0.3, -0.25) is 4.79 Å². The van der Waals surface area contributed by atoms with Crippen LogP contribution in [0.15, 0.2) is 0 Å². The summed E-state index contributed by atoms with van der Waals surface area (Å²) < 4.78 is 4.92. The van der Waals surface area contributed by atoms with Gasteiger partial charge in [0.05, 0.1) is 6.61 Å². The van der Waals surface area contributed by atoms with E-state index in [1.54, 1.807) is 0 Å². The van der Waals surface area contributed by atoms with E-state index in [4.69, 9.17) is 10.5 Å². The first-order valence-corrected chi connectivity index (χ1v) is 4.74. The van der Waals surface area contributed by atoms with Gasteiger partial charge in [-0.05, 0) is 18.1 Å². The molecule has 4 heteroatoms. The molecule has 0 bridgehead atoms. The molecule has 0 amide bonds. The van der Waals surface area contributed by atoms with E-state index in [0.29, 0.717) is 24.7 Å². The number of nitrogens with two attached hydrogens (primary N) is 1. The third kappa shape index (κ3) is 5.43. The molecule has 0 radical (unpaired) electrons. The van der Waals surface area contributed by atoms with Crippen LogP contribution < -0.4 is 5.73 Å². The zero-order valence-electron chi connectivity index (χ0n) is 7.62. The third-order valence-electron chi connectivity index (χ3n) is 1.30. The first kappa shape index (κ1) is 11.8. The Kier molecular flexibility index (Phi) is 6.20. The summed E-state index contributed by atoms with van der Waals surface area (Å²) in [6.45, 7) is 4.41. The molecule has 0 aliphatic carbocycles. The van der Waals surface area contributed by atoms with Gasteiger partial charge in [0.15, 0.2) is 0 Å². The Balaban J connectivity index is 3.57. The van der Waals surface area contributed by atoms with E-state index in [0.717, 1.165) is 0 Å². The van der Waals surface area contributed by atoms with Crippen LogP contribution in [0.1, 0.15) is 20.3 Å². The molecule has 12 heavy (non-hydrogen) atoms. The summed E-state index contributed by atoms with van der Waals surface area (Å²) in [6.07, 6.45) is 0.569. The monoisotopic (exact) mass is 191 g/mol. The van der Waals surface area contributed by atoms with Gasteiger partial charge in [0, 0.05) is 0 Å². The Labute approximate surface area is 79.1 Å². The van der Waals surface area contributed by atoms with Gasteiger partial charge in [-0.1, -0.05) is 13.8 Å². The summed E-state index contributed by atoms with van der Waals surface area (Å²) in [5, 5.41) is 0. The van der Waals surface area contributed by atoms with Crippen molar-refractivity contribution in [3.05, 3.63) is 0 Å². The highest BCUT2D eigenvalue weighted by molar-refractivity contribution is 7.80. The number of ether oxygens (including phenoxy) is 1. The van der Waals surface area contributed by atoms with Crippen LogP contribution in [0.4, 0.5) is 0 Å². The van der Waals surface area contributed by atoms with Crippen LogP contribution in [0.3, 0.4) is 0 Å². The first-order chi connectivity index (χ1) is 5.57. The molecule has 0 aromatic carbocycles. The molecule has 1 atom stereocenters. The SMILES string of the molecule is CC(C)COC(=O)[C@@H](N)CCS. The first-order valence-electron chi connectivity index (χ1n) is 4.11. The number of thiol groups is 1. The maximum atomic E-state index is 11.1. The molecule has 0 heterocycles. The molecule has 0 aromatic heterocycles. The maximum absolute atomic E-state index is 11.1. The fourth-order valence-corrected chi connectivity index (χ4v) is 0.891. The number of carbonyl (C=O) groups excluding carboxylic acids is 1. The number of esters is 1. The van der Waals surface area contributed by atoms with Crippen molar-refractivity contribution in [1.82, 2.24) is 0 Å². The van der Waals surface area contributed by atoms with E-state index in [-0.39, 0.29) is 5.97 Å². The number of carbonyl (C=O) groups is 1. The molecule has 0 unspecified atom stereocenters. The van der Waals surface area contributed by atoms with Crippen molar-refractivity contribution in [2.75, 3.05) is 12.4 Å². The molecular formula is C8H17NO2S. The number of rotatable bonds is 5. The Morgan fingerprint density at radius 3 is 2.58 bits per heavy atom. The van der Waals surface area contributed by atoms with Crippen molar-refractivity contribution in [3.8, 4) is 0 Å². The molecule has 3 nitrogen and oxygen atoms in total. The quantitative estimate of drug-likeness (QED) is 0.500. The summed E-state index contributed by atoms with van der Waals surface area (Å²) in [6, 6.07) is -0.513. The smallest absolute Gasteiger partial charge is 0.322 e. The van der Waals surface area contributed by atoms with Gasteiger partial charge < -0.3 is 10.5 Å². The minimum absolute atomic E-state index is 0.322. The van der Waals surface area contributed by atoms with E-state index in [2.05, 4.69) is 12.6 Å². The van der Waals surface area contributed by atoms with E-state index in [9.17, 15) is 4.79 Å². The Bertz CT molecular complexity index is 139. The highest BCUT2D eigenvalue weighted by atomic mass is 32.1.